The Balaban J connectivity index is 1.15. The number of aliphatic imine (C=N–C) groups is 2. The molecule has 0 fully saturated rings. The van der Waals surface area contributed by atoms with Gasteiger partial charge in [-0.1, -0.05) is 147 Å². The number of nitrogens with one attached hydrogen (secondary N) is 1. The van der Waals surface area contributed by atoms with Crippen molar-refractivity contribution in [1.29, 1.82) is 0 Å². The minimum atomic E-state index is -0.0307. The number of fused-ring (bicyclic) bond motifs is 3. The summed E-state index contributed by atoms with van der Waals surface area (Å²) in [4.78, 5) is 10.1. The van der Waals surface area contributed by atoms with E-state index in [0.29, 0.717) is 5.84 Å². The van der Waals surface area contributed by atoms with Gasteiger partial charge in [-0.15, -0.1) is 0 Å². The molecule has 0 unspecified atom stereocenters. The van der Waals surface area contributed by atoms with Crippen molar-refractivity contribution in [2.45, 2.75) is 19.3 Å². The van der Waals surface area contributed by atoms with Crippen LogP contribution in [0.5, 0.6) is 0 Å². The van der Waals surface area contributed by atoms with Gasteiger partial charge in [-0.25, -0.2) is 9.98 Å². The molecular formula is C43H33N3. The Morgan fingerprint density at radius 1 is 0.435 bits per heavy atom. The molecule has 0 atom stereocenters. The first-order valence-electron chi connectivity index (χ1n) is 15.8. The Morgan fingerprint density at radius 2 is 0.978 bits per heavy atom. The van der Waals surface area contributed by atoms with Crippen molar-refractivity contribution in [3.05, 3.63) is 186 Å². The van der Waals surface area contributed by atoms with Crippen molar-refractivity contribution in [2.75, 3.05) is 0 Å². The molecule has 1 aliphatic carbocycles. The van der Waals surface area contributed by atoms with Crippen molar-refractivity contribution < 1.29 is 0 Å². The third kappa shape index (κ3) is 4.96. The van der Waals surface area contributed by atoms with Gasteiger partial charge in [0.1, 0.15) is 5.84 Å². The van der Waals surface area contributed by atoms with Crippen LogP contribution in [0.1, 0.15) is 41.7 Å². The van der Waals surface area contributed by atoms with Crippen LogP contribution in [-0.4, -0.2) is 11.7 Å². The first kappa shape index (κ1) is 27.7. The van der Waals surface area contributed by atoms with Crippen LogP contribution in [0.25, 0.3) is 39.1 Å². The molecule has 3 nitrogen and oxygen atoms in total. The Bertz CT molecular complexity index is 2190. The van der Waals surface area contributed by atoms with Crippen LogP contribution in [0.15, 0.2) is 168 Å². The normalized spacial score (nSPS) is 14.6. The predicted octanol–water partition coefficient (Wildman–Crippen LogP) is 10.1. The molecule has 46 heavy (non-hydrogen) atoms. The second-order valence-corrected chi connectivity index (χ2v) is 12.4. The van der Waals surface area contributed by atoms with Crippen LogP contribution < -0.4 is 5.32 Å². The van der Waals surface area contributed by atoms with Gasteiger partial charge in [0.15, 0.2) is 5.84 Å². The smallest absolute Gasteiger partial charge is 0.162 e. The highest BCUT2D eigenvalue weighted by Crippen LogP contribution is 2.49. The quantitative estimate of drug-likeness (QED) is 0.213. The van der Waals surface area contributed by atoms with Crippen molar-refractivity contribution in [1.82, 2.24) is 5.32 Å². The van der Waals surface area contributed by atoms with E-state index in [-0.39, 0.29) is 5.41 Å². The number of amidine groups is 2. The predicted molar refractivity (Wildman–Crippen MR) is 192 cm³/mol. The molecule has 3 heteroatoms. The van der Waals surface area contributed by atoms with Gasteiger partial charge in [-0.3, -0.25) is 0 Å². The summed E-state index contributed by atoms with van der Waals surface area (Å²) in [6, 6.07) is 53.5. The molecule has 1 heterocycles. The number of benzene rings is 6. The summed E-state index contributed by atoms with van der Waals surface area (Å²) < 4.78 is 0. The van der Waals surface area contributed by atoms with E-state index in [4.69, 9.17) is 9.98 Å². The summed E-state index contributed by atoms with van der Waals surface area (Å²) >= 11 is 0. The molecule has 0 radical (unpaired) electrons. The van der Waals surface area contributed by atoms with Gasteiger partial charge in [0, 0.05) is 28.3 Å². The molecule has 6 aromatic carbocycles. The second kappa shape index (κ2) is 11.3. The van der Waals surface area contributed by atoms with Crippen LogP contribution in [-0.2, 0) is 5.41 Å². The Labute approximate surface area is 270 Å². The van der Waals surface area contributed by atoms with Crippen LogP contribution in [0.4, 0.5) is 0 Å². The number of hydrogen-bond acceptors (Lipinski definition) is 3. The zero-order valence-corrected chi connectivity index (χ0v) is 25.9. The summed E-state index contributed by atoms with van der Waals surface area (Å²) in [5.74, 6) is 1.43. The van der Waals surface area contributed by atoms with Crippen molar-refractivity contribution >= 4 is 17.4 Å². The van der Waals surface area contributed by atoms with Gasteiger partial charge in [-0.05, 0) is 62.7 Å². The van der Waals surface area contributed by atoms with E-state index in [9.17, 15) is 0 Å². The number of nitrogens with zero attached hydrogens (tertiary/aromatic N) is 2. The molecule has 220 valence electrons. The van der Waals surface area contributed by atoms with Gasteiger partial charge in [-0.2, -0.15) is 0 Å². The fourth-order valence-electron chi connectivity index (χ4n) is 6.68. The third-order valence-corrected chi connectivity index (χ3v) is 9.14. The summed E-state index contributed by atoms with van der Waals surface area (Å²) in [5, 5.41) is 3.47. The molecule has 0 saturated carbocycles. The van der Waals surface area contributed by atoms with Gasteiger partial charge < -0.3 is 5.32 Å². The van der Waals surface area contributed by atoms with Crippen LogP contribution in [0, 0.1) is 0 Å². The zero-order chi connectivity index (χ0) is 31.1. The highest BCUT2D eigenvalue weighted by atomic mass is 15.1. The molecule has 1 N–H and O–H groups in total. The lowest BCUT2D eigenvalue weighted by Gasteiger charge is -2.22. The van der Waals surface area contributed by atoms with Gasteiger partial charge >= 0.3 is 0 Å². The maximum Gasteiger partial charge on any atom is 0.162 e. The van der Waals surface area contributed by atoms with E-state index in [1.165, 1.54) is 33.4 Å². The van der Waals surface area contributed by atoms with Crippen molar-refractivity contribution in [3.8, 4) is 33.4 Å². The van der Waals surface area contributed by atoms with E-state index < -0.39 is 0 Å². The summed E-state index contributed by atoms with van der Waals surface area (Å²) in [7, 11) is 0. The van der Waals surface area contributed by atoms with E-state index in [1.54, 1.807) is 0 Å². The third-order valence-electron chi connectivity index (χ3n) is 9.14. The first-order valence-corrected chi connectivity index (χ1v) is 15.8. The highest BCUT2D eigenvalue weighted by molar-refractivity contribution is 6.14. The maximum atomic E-state index is 5.06. The Morgan fingerprint density at radius 3 is 1.70 bits per heavy atom. The number of rotatable bonds is 5. The summed E-state index contributed by atoms with van der Waals surface area (Å²) in [6.07, 6.45) is 1.95. The fraction of sp³-hybridized carbons (Fsp3) is 0.0698. The molecule has 0 aromatic heterocycles. The molecule has 0 amide bonds. The standard InChI is InChI=1S/C43H33N3/c1-43(2)38-22-10-9-21-36(38)37-24-23-34(27-39(37)43)32-18-11-17-31(25-32)33-19-12-20-35(26-33)41-44-28-40(29-13-5-3-6-14-29)45-42(46-41)30-15-7-4-8-16-30/h3-28H,1-2H3,(H,44,45,46). The minimum Gasteiger partial charge on any atom is -0.344 e. The highest BCUT2D eigenvalue weighted by Gasteiger charge is 2.35. The molecule has 2 aliphatic rings. The Hall–Kier alpha value is -5.80. The van der Waals surface area contributed by atoms with Gasteiger partial charge in [0.05, 0.1) is 5.70 Å². The summed E-state index contributed by atoms with van der Waals surface area (Å²) in [6.45, 7) is 4.67. The molecule has 0 bridgehead atoms. The molecule has 1 aliphatic heterocycles. The minimum absolute atomic E-state index is 0.0307. The average molecular weight is 592 g/mol. The van der Waals surface area contributed by atoms with Crippen LogP contribution in [0.3, 0.4) is 0 Å². The molecular weight excluding hydrogens is 558 g/mol. The monoisotopic (exact) mass is 591 g/mol. The average Bonchev–Trinajstić information content (AvgIpc) is 3.23. The van der Waals surface area contributed by atoms with Crippen molar-refractivity contribution in [3.63, 3.8) is 0 Å². The van der Waals surface area contributed by atoms with Crippen LogP contribution >= 0.6 is 0 Å². The lowest BCUT2D eigenvalue weighted by molar-refractivity contribution is 0.660. The maximum absolute atomic E-state index is 5.06. The molecule has 6 aromatic rings. The second-order valence-electron chi connectivity index (χ2n) is 12.4. The van der Waals surface area contributed by atoms with Crippen LogP contribution in [0.2, 0.25) is 0 Å². The first-order chi connectivity index (χ1) is 22.5. The lowest BCUT2D eigenvalue weighted by Crippen LogP contribution is -2.19. The lowest BCUT2D eigenvalue weighted by atomic mass is 9.81. The topological polar surface area (TPSA) is 36.8 Å². The van der Waals surface area contributed by atoms with E-state index in [1.807, 2.05) is 42.6 Å². The zero-order valence-electron chi connectivity index (χ0n) is 25.9. The molecule has 0 saturated heterocycles. The van der Waals surface area contributed by atoms with Gasteiger partial charge in [0.2, 0.25) is 0 Å². The largest absolute Gasteiger partial charge is 0.344 e. The Kier molecular flexibility index (Phi) is 6.80. The van der Waals surface area contributed by atoms with Gasteiger partial charge in [0.25, 0.3) is 0 Å². The van der Waals surface area contributed by atoms with Crippen molar-refractivity contribution in [2.24, 2.45) is 9.98 Å². The molecule has 0 spiro atoms. The van der Waals surface area contributed by atoms with E-state index >= 15 is 0 Å². The molecule has 8 rings (SSSR count). The summed E-state index contributed by atoms with van der Waals surface area (Å²) in [5.41, 5.74) is 14.0. The number of hydrogen-bond donors (Lipinski definition) is 1. The fourth-order valence-corrected chi connectivity index (χ4v) is 6.68. The SMILES string of the molecule is CC1(C)c2ccccc2-c2ccc(-c3cccc(-c4cccc(C5=NC(c6ccccc6)=NC(c6ccccc6)=CN5)c4)c3)cc21. The van der Waals surface area contributed by atoms with E-state index in [0.717, 1.165) is 39.3 Å². The van der Waals surface area contributed by atoms with E-state index in [2.05, 4.69) is 134 Å².